The van der Waals surface area contributed by atoms with Gasteiger partial charge in [-0.25, -0.2) is 0 Å². The van der Waals surface area contributed by atoms with Crippen molar-refractivity contribution in [3.63, 3.8) is 0 Å². The molecular formula is C15H18N2O4. The molecule has 1 N–H and O–H groups in total. The van der Waals surface area contributed by atoms with Crippen molar-refractivity contribution in [2.45, 2.75) is 26.3 Å². The quantitative estimate of drug-likeness (QED) is 0.848. The first-order valence-corrected chi connectivity index (χ1v) is 6.91. The molecule has 0 saturated heterocycles. The number of benzene rings is 1. The molecule has 0 radical (unpaired) electrons. The Labute approximate surface area is 123 Å². The molecule has 0 fully saturated rings. The number of para-hydroxylation sites is 1. The SMILES string of the molecule is CCOC(=O)CCC(=O)N1CC(=O)Nc2ccccc2C1. The molecule has 1 heterocycles. The lowest BCUT2D eigenvalue weighted by molar-refractivity contribution is -0.146. The fourth-order valence-corrected chi connectivity index (χ4v) is 2.18. The number of ether oxygens (including phenoxy) is 1. The van der Waals surface area contributed by atoms with E-state index in [1.54, 1.807) is 13.0 Å². The zero-order chi connectivity index (χ0) is 15.2. The maximum atomic E-state index is 12.2. The van der Waals surface area contributed by atoms with Gasteiger partial charge in [0.2, 0.25) is 11.8 Å². The summed E-state index contributed by atoms with van der Waals surface area (Å²) in [5.41, 5.74) is 1.61. The van der Waals surface area contributed by atoms with Gasteiger partial charge in [-0.3, -0.25) is 14.4 Å². The van der Waals surface area contributed by atoms with Crippen LogP contribution in [0.3, 0.4) is 0 Å². The highest BCUT2D eigenvalue weighted by molar-refractivity contribution is 5.96. The predicted molar refractivity (Wildman–Crippen MR) is 76.4 cm³/mol. The summed E-state index contributed by atoms with van der Waals surface area (Å²) >= 11 is 0. The number of rotatable bonds is 4. The van der Waals surface area contributed by atoms with E-state index in [2.05, 4.69) is 5.32 Å². The van der Waals surface area contributed by atoms with Gasteiger partial charge in [-0.1, -0.05) is 18.2 Å². The second-order valence-corrected chi connectivity index (χ2v) is 4.76. The van der Waals surface area contributed by atoms with Gasteiger partial charge in [-0.2, -0.15) is 0 Å². The molecule has 6 heteroatoms. The summed E-state index contributed by atoms with van der Waals surface area (Å²) in [6.45, 7) is 2.37. The Morgan fingerprint density at radius 3 is 2.76 bits per heavy atom. The van der Waals surface area contributed by atoms with Gasteiger partial charge < -0.3 is 15.0 Å². The third-order valence-corrected chi connectivity index (χ3v) is 3.19. The Balaban J connectivity index is 2.01. The molecule has 1 aromatic carbocycles. The fourth-order valence-electron chi connectivity index (χ4n) is 2.18. The monoisotopic (exact) mass is 290 g/mol. The summed E-state index contributed by atoms with van der Waals surface area (Å²) in [5, 5.41) is 2.77. The third-order valence-electron chi connectivity index (χ3n) is 3.19. The Bertz CT molecular complexity index is 556. The van der Waals surface area contributed by atoms with Gasteiger partial charge in [0.1, 0.15) is 6.54 Å². The number of fused-ring (bicyclic) bond motifs is 1. The van der Waals surface area contributed by atoms with Crippen LogP contribution >= 0.6 is 0 Å². The van der Waals surface area contributed by atoms with E-state index in [1.807, 2.05) is 18.2 Å². The van der Waals surface area contributed by atoms with Gasteiger partial charge >= 0.3 is 5.97 Å². The minimum Gasteiger partial charge on any atom is -0.466 e. The number of carbonyl (C=O) groups excluding carboxylic acids is 3. The lowest BCUT2D eigenvalue weighted by atomic mass is 10.1. The second kappa shape index (κ2) is 6.88. The number of hydrogen-bond donors (Lipinski definition) is 1. The summed E-state index contributed by atoms with van der Waals surface area (Å²) in [6.07, 6.45) is 0.0840. The topological polar surface area (TPSA) is 75.7 Å². The van der Waals surface area contributed by atoms with Crippen LogP contribution in [-0.4, -0.2) is 35.8 Å². The number of anilines is 1. The smallest absolute Gasteiger partial charge is 0.306 e. The summed E-state index contributed by atoms with van der Waals surface area (Å²) in [7, 11) is 0. The van der Waals surface area contributed by atoms with Crippen molar-refractivity contribution in [2.75, 3.05) is 18.5 Å². The molecule has 2 amide bonds. The molecule has 0 spiro atoms. The normalized spacial score (nSPS) is 14.0. The molecule has 0 saturated carbocycles. The van der Waals surface area contributed by atoms with Crippen LogP contribution in [0.5, 0.6) is 0 Å². The van der Waals surface area contributed by atoms with Crippen LogP contribution in [-0.2, 0) is 25.7 Å². The first-order chi connectivity index (χ1) is 10.1. The van der Waals surface area contributed by atoms with Crippen molar-refractivity contribution in [1.82, 2.24) is 4.90 Å². The first-order valence-electron chi connectivity index (χ1n) is 6.91. The summed E-state index contributed by atoms with van der Waals surface area (Å²) < 4.78 is 4.79. The molecule has 0 unspecified atom stereocenters. The van der Waals surface area contributed by atoms with E-state index in [0.717, 1.165) is 11.3 Å². The number of amides is 2. The molecule has 2 rings (SSSR count). The molecule has 0 bridgehead atoms. The van der Waals surface area contributed by atoms with Crippen molar-refractivity contribution in [3.05, 3.63) is 29.8 Å². The largest absolute Gasteiger partial charge is 0.466 e. The lowest BCUT2D eigenvalue weighted by Gasteiger charge is -2.19. The summed E-state index contributed by atoms with van der Waals surface area (Å²) in [5.74, 6) is -0.857. The maximum absolute atomic E-state index is 12.2. The van der Waals surface area contributed by atoms with Crippen LogP contribution in [0.4, 0.5) is 5.69 Å². The molecule has 0 atom stereocenters. The van der Waals surface area contributed by atoms with Crippen molar-refractivity contribution in [2.24, 2.45) is 0 Å². The molecular weight excluding hydrogens is 272 g/mol. The van der Waals surface area contributed by atoms with Crippen LogP contribution in [0.15, 0.2) is 24.3 Å². The molecule has 6 nitrogen and oxygen atoms in total. The third kappa shape index (κ3) is 4.05. The molecule has 21 heavy (non-hydrogen) atoms. The summed E-state index contributed by atoms with van der Waals surface area (Å²) in [6, 6.07) is 7.36. The van der Waals surface area contributed by atoms with Gasteiger partial charge in [0.15, 0.2) is 0 Å². The van der Waals surface area contributed by atoms with E-state index in [9.17, 15) is 14.4 Å². The van der Waals surface area contributed by atoms with Crippen LogP contribution in [0.2, 0.25) is 0 Å². The van der Waals surface area contributed by atoms with Crippen molar-refractivity contribution >= 4 is 23.5 Å². The summed E-state index contributed by atoms with van der Waals surface area (Å²) in [4.78, 5) is 36.7. The Kier molecular flexibility index (Phi) is 4.92. The van der Waals surface area contributed by atoms with Crippen molar-refractivity contribution < 1.29 is 19.1 Å². The van der Waals surface area contributed by atoms with Crippen LogP contribution in [0.1, 0.15) is 25.3 Å². The maximum Gasteiger partial charge on any atom is 0.306 e. The highest BCUT2D eigenvalue weighted by atomic mass is 16.5. The van der Waals surface area contributed by atoms with Gasteiger partial charge in [0, 0.05) is 18.7 Å². The van der Waals surface area contributed by atoms with E-state index < -0.39 is 5.97 Å². The van der Waals surface area contributed by atoms with Crippen LogP contribution < -0.4 is 5.32 Å². The van der Waals surface area contributed by atoms with Crippen molar-refractivity contribution in [3.8, 4) is 0 Å². The number of nitrogens with zero attached hydrogens (tertiary/aromatic N) is 1. The minimum atomic E-state index is -0.398. The van der Waals surface area contributed by atoms with Crippen LogP contribution in [0, 0.1) is 0 Å². The van der Waals surface area contributed by atoms with Gasteiger partial charge in [0.25, 0.3) is 0 Å². The molecule has 1 aliphatic rings. The highest BCUT2D eigenvalue weighted by Gasteiger charge is 2.23. The minimum absolute atomic E-state index is 0.00363. The highest BCUT2D eigenvalue weighted by Crippen LogP contribution is 2.20. The van der Waals surface area contributed by atoms with E-state index in [1.165, 1.54) is 4.90 Å². The van der Waals surface area contributed by atoms with Gasteiger partial charge in [-0.15, -0.1) is 0 Å². The molecule has 112 valence electrons. The zero-order valence-corrected chi connectivity index (χ0v) is 11.9. The predicted octanol–water partition coefficient (Wildman–Crippen LogP) is 1.31. The Morgan fingerprint density at radius 1 is 1.24 bits per heavy atom. The lowest BCUT2D eigenvalue weighted by Crippen LogP contribution is -2.35. The zero-order valence-electron chi connectivity index (χ0n) is 11.9. The standard InChI is InChI=1S/C15H18N2O4/c1-2-21-15(20)8-7-14(19)17-9-11-5-3-4-6-12(11)16-13(18)10-17/h3-6H,2,7-10H2,1H3,(H,16,18). The van der Waals surface area contributed by atoms with E-state index in [-0.39, 0.29) is 31.2 Å². The van der Waals surface area contributed by atoms with Gasteiger partial charge in [-0.05, 0) is 18.6 Å². The second-order valence-electron chi connectivity index (χ2n) is 4.76. The van der Waals surface area contributed by atoms with E-state index in [0.29, 0.717) is 13.2 Å². The number of nitrogens with one attached hydrogen (secondary N) is 1. The molecule has 0 aliphatic carbocycles. The molecule has 0 aromatic heterocycles. The number of esters is 1. The molecule has 1 aliphatic heterocycles. The Morgan fingerprint density at radius 2 is 2.00 bits per heavy atom. The molecule has 1 aromatic rings. The van der Waals surface area contributed by atoms with Crippen molar-refractivity contribution in [1.29, 1.82) is 0 Å². The van der Waals surface area contributed by atoms with Gasteiger partial charge in [0.05, 0.1) is 13.0 Å². The van der Waals surface area contributed by atoms with E-state index >= 15 is 0 Å². The fraction of sp³-hybridized carbons (Fsp3) is 0.400. The average molecular weight is 290 g/mol. The van der Waals surface area contributed by atoms with E-state index in [4.69, 9.17) is 4.74 Å². The number of carbonyl (C=O) groups is 3. The average Bonchev–Trinajstić information content (AvgIpc) is 2.63. The number of hydrogen-bond acceptors (Lipinski definition) is 4. The Hall–Kier alpha value is -2.37. The van der Waals surface area contributed by atoms with Crippen LogP contribution in [0.25, 0.3) is 0 Å². The first kappa shape index (κ1) is 15.0.